The molecule has 1 aromatic carbocycles. The van der Waals surface area contributed by atoms with Gasteiger partial charge >= 0.3 is 5.69 Å². The molecule has 0 heterocycles. The number of nitrogens with one attached hydrogen (secondary N) is 1. The molecule has 0 atom stereocenters. The third-order valence-corrected chi connectivity index (χ3v) is 3.54. The van der Waals surface area contributed by atoms with Gasteiger partial charge in [0, 0.05) is 12.6 Å². The molecule has 2 rings (SSSR count). The molecule has 0 aromatic heterocycles. The zero-order valence-corrected chi connectivity index (χ0v) is 11.9. The lowest BCUT2D eigenvalue weighted by atomic mass is 10.2. The van der Waals surface area contributed by atoms with Crippen LogP contribution in [-0.4, -0.2) is 31.3 Å². The predicted octanol–water partition coefficient (Wildman–Crippen LogP) is 3.11. The number of ether oxygens (including phenoxy) is 2. The molecule has 0 bridgehead atoms. The third kappa shape index (κ3) is 4.04. The average molecular weight is 298 g/mol. The molecule has 1 aromatic rings. The highest BCUT2D eigenvalue weighted by atomic mass is 19.1. The molecule has 0 saturated heterocycles. The molecule has 116 valence electrons. The fourth-order valence-corrected chi connectivity index (χ4v) is 2.45. The number of hydrogen-bond donors (Lipinski definition) is 1. The van der Waals surface area contributed by atoms with E-state index in [0.29, 0.717) is 19.3 Å². The molecule has 0 radical (unpaired) electrons. The lowest BCUT2D eigenvalue weighted by molar-refractivity contribution is -0.385. The van der Waals surface area contributed by atoms with Crippen molar-refractivity contribution in [3.63, 3.8) is 0 Å². The summed E-state index contributed by atoms with van der Waals surface area (Å²) in [5.74, 6) is -0.649. The summed E-state index contributed by atoms with van der Waals surface area (Å²) in [7, 11) is 1.31. The number of benzene rings is 1. The monoisotopic (exact) mass is 298 g/mol. The Labute approximate surface area is 122 Å². The van der Waals surface area contributed by atoms with E-state index in [1.807, 2.05) is 0 Å². The van der Waals surface area contributed by atoms with Gasteiger partial charge in [-0.05, 0) is 12.8 Å². The van der Waals surface area contributed by atoms with Crippen molar-refractivity contribution in [2.45, 2.75) is 31.8 Å². The van der Waals surface area contributed by atoms with E-state index in [1.165, 1.54) is 26.0 Å². The molecular weight excluding hydrogens is 279 g/mol. The van der Waals surface area contributed by atoms with Gasteiger partial charge in [0.2, 0.25) is 0 Å². The molecule has 0 unspecified atom stereocenters. The van der Waals surface area contributed by atoms with Crippen LogP contribution in [0.25, 0.3) is 0 Å². The highest BCUT2D eigenvalue weighted by Crippen LogP contribution is 2.32. The van der Waals surface area contributed by atoms with E-state index >= 15 is 0 Å². The van der Waals surface area contributed by atoms with E-state index in [0.717, 1.165) is 18.9 Å². The van der Waals surface area contributed by atoms with Crippen LogP contribution in [0.3, 0.4) is 0 Å². The van der Waals surface area contributed by atoms with E-state index in [9.17, 15) is 14.5 Å². The Morgan fingerprint density at radius 2 is 2.14 bits per heavy atom. The maximum atomic E-state index is 13.8. The van der Waals surface area contributed by atoms with Gasteiger partial charge in [-0.1, -0.05) is 12.8 Å². The van der Waals surface area contributed by atoms with Crippen LogP contribution in [0.1, 0.15) is 25.7 Å². The molecule has 0 spiro atoms. The fraction of sp³-hybridized carbons (Fsp3) is 0.571. The molecule has 21 heavy (non-hydrogen) atoms. The summed E-state index contributed by atoms with van der Waals surface area (Å²) in [4.78, 5) is 10.1. The predicted molar refractivity (Wildman–Crippen MR) is 76.3 cm³/mol. The highest BCUT2D eigenvalue weighted by molar-refractivity contribution is 5.59. The van der Waals surface area contributed by atoms with Gasteiger partial charge in [-0.25, -0.2) is 4.39 Å². The van der Waals surface area contributed by atoms with Crippen LogP contribution in [-0.2, 0) is 4.74 Å². The molecule has 1 N–H and O–H groups in total. The number of nitrogens with zero attached hydrogens (tertiary/aromatic N) is 1. The van der Waals surface area contributed by atoms with Crippen molar-refractivity contribution < 1.29 is 18.8 Å². The molecule has 6 nitrogen and oxygen atoms in total. The zero-order chi connectivity index (χ0) is 15.2. The Bertz CT molecular complexity index is 504. The minimum absolute atomic E-state index is 0.0283. The summed E-state index contributed by atoms with van der Waals surface area (Å²) in [6.07, 6.45) is 4.88. The summed E-state index contributed by atoms with van der Waals surface area (Å²) in [6.45, 7) is 0.914. The SMILES string of the molecule is COc1cc(NCCOC2CCCC2)c(F)cc1[N+](=O)[O-]. The second-order valence-electron chi connectivity index (χ2n) is 4.97. The summed E-state index contributed by atoms with van der Waals surface area (Å²) in [5.41, 5.74) is -0.213. The molecule has 1 saturated carbocycles. The number of halogens is 1. The van der Waals surface area contributed by atoms with Crippen LogP contribution >= 0.6 is 0 Å². The minimum Gasteiger partial charge on any atom is -0.490 e. The lowest BCUT2D eigenvalue weighted by Crippen LogP contribution is -2.16. The molecule has 7 heteroatoms. The zero-order valence-electron chi connectivity index (χ0n) is 11.9. The number of hydrogen-bond acceptors (Lipinski definition) is 5. The van der Waals surface area contributed by atoms with Crippen LogP contribution in [0.4, 0.5) is 15.8 Å². The van der Waals surface area contributed by atoms with Gasteiger partial charge < -0.3 is 14.8 Å². The van der Waals surface area contributed by atoms with Crippen LogP contribution in [0, 0.1) is 15.9 Å². The molecule has 1 aliphatic rings. The Morgan fingerprint density at radius 1 is 1.43 bits per heavy atom. The molecule has 0 amide bonds. The molecule has 1 aliphatic carbocycles. The van der Waals surface area contributed by atoms with Gasteiger partial charge in [-0.15, -0.1) is 0 Å². The normalized spacial score (nSPS) is 15.1. The molecule has 1 fully saturated rings. The topological polar surface area (TPSA) is 73.6 Å². The van der Waals surface area contributed by atoms with Gasteiger partial charge in [0.05, 0.1) is 36.5 Å². The second-order valence-corrected chi connectivity index (χ2v) is 4.97. The Kier molecular flexibility index (Phi) is 5.32. The first-order chi connectivity index (χ1) is 10.1. The summed E-state index contributed by atoms with van der Waals surface area (Å²) < 4.78 is 24.4. The highest BCUT2D eigenvalue weighted by Gasteiger charge is 2.19. The van der Waals surface area contributed by atoms with E-state index in [2.05, 4.69) is 5.32 Å². The summed E-state index contributed by atoms with van der Waals surface area (Å²) in [6, 6.07) is 2.15. The van der Waals surface area contributed by atoms with Crippen LogP contribution in [0.2, 0.25) is 0 Å². The maximum absolute atomic E-state index is 13.8. The number of nitro groups is 1. The third-order valence-electron chi connectivity index (χ3n) is 3.54. The Morgan fingerprint density at radius 3 is 2.76 bits per heavy atom. The van der Waals surface area contributed by atoms with Gasteiger partial charge in [0.1, 0.15) is 0 Å². The minimum atomic E-state index is -0.677. The number of rotatable bonds is 7. The van der Waals surface area contributed by atoms with Crippen LogP contribution in [0.15, 0.2) is 12.1 Å². The van der Waals surface area contributed by atoms with Crippen molar-refractivity contribution in [2.75, 3.05) is 25.6 Å². The van der Waals surface area contributed by atoms with E-state index in [1.54, 1.807) is 0 Å². The molecular formula is C14H19FN2O4. The Hall–Kier alpha value is -1.89. The van der Waals surface area contributed by atoms with Crippen LogP contribution < -0.4 is 10.1 Å². The first-order valence-electron chi connectivity index (χ1n) is 6.99. The largest absolute Gasteiger partial charge is 0.490 e. The van der Waals surface area contributed by atoms with E-state index < -0.39 is 10.7 Å². The average Bonchev–Trinajstić information content (AvgIpc) is 2.97. The standard InChI is InChI=1S/C14H19FN2O4/c1-20-14-9-12(11(15)8-13(14)17(18)19)16-6-7-21-10-4-2-3-5-10/h8-10,16H,2-7H2,1H3. The second kappa shape index (κ2) is 7.21. The smallest absolute Gasteiger partial charge is 0.313 e. The van der Waals surface area contributed by atoms with E-state index in [4.69, 9.17) is 9.47 Å². The quantitative estimate of drug-likeness (QED) is 0.475. The van der Waals surface area contributed by atoms with Gasteiger partial charge in [0.25, 0.3) is 0 Å². The van der Waals surface area contributed by atoms with E-state index in [-0.39, 0.29) is 17.1 Å². The Balaban J connectivity index is 1.91. The van der Waals surface area contributed by atoms with Crippen molar-refractivity contribution >= 4 is 11.4 Å². The number of methoxy groups -OCH3 is 1. The number of anilines is 1. The van der Waals surface area contributed by atoms with Crippen LogP contribution in [0.5, 0.6) is 5.75 Å². The van der Waals surface area contributed by atoms with Crippen molar-refractivity contribution in [2.24, 2.45) is 0 Å². The van der Waals surface area contributed by atoms with Crippen molar-refractivity contribution in [1.82, 2.24) is 0 Å². The summed E-state index contributed by atoms with van der Waals surface area (Å²) in [5, 5.41) is 13.6. The first-order valence-corrected chi connectivity index (χ1v) is 6.99. The van der Waals surface area contributed by atoms with Crippen molar-refractivity contribution in [3.8, 4) is 5.75 Å². The first kappa shape index (κ1) is 15.5. The fourth-order valence-electron chi connectivity index (χ4n) is 2.45. The van der Waals surface area contributed by atoms with Gasteiger partial charge in [-0.3, -0.25) is 10.1 Å². The van der Waals surface area contributed by atoms with Gasteiger partial charge in [-0.2, -0.15) is 0 Å². The summed E-state index contributed by atoms with van der Waals surface area (Å²) >= 11 is 0. The molecule has 0 aliphatic heterocycles. The number of nitro benzene ring substituents is 1. The van der Waals surface area contributed by atoms with Gasteiger partial charge in [0.15, 0.2) is 11.6 Å². The lowest BCUT2D eigenvalue weighted by Gasteiger charge is -2.13. The van der Waals surface area contributed by atoms with Crippen molar-refractivity contribution in [1.29, 1.82) is 0 Å². The van der Waals surface area contributed by atoms with Crippen molar-refractivity contribution in [3.05, 3.63) is 28.1 Å². The maximum Gasteiger partial charge on any atom is 0.313 e.